The molecule has 0 aliphatic rings. The van der Waals surface area contributed by atoms with Gasteiger partial charge in [-0.2, -0.15) is 26.3 Å². The van der Waals surface area contributed by atoms with Gasteiger partial charge in [-0.1, -0.05) is 0 Å². The largest absolute Gasteiger partial charge is 0.471 e. The Labute approximate surface area is 103 Å². The smallest absolute Gasteiger partial charge is 0.434 e. The summed E-state index contributed by atoms with van der Waals surface area (Å²) in [6.45, 7) is 0.579. The molecule has 0 aliphatic heterocycles. The van der Waals surface area contributed by atoms with E-state index in [0.29, 0.717) is 0 Å². The quantitative estimate of drug-likeness (QED) is 0.870. The number of aryl methyl sites for hydroxylation is 1. The summed E-state index contributed by atoms with van der Waals surface area (Å²) >= 11 is 0. The summed E-state index contributed by atoms with van der Waals surface area (Å²) in [5.74, 6) is -0.699. The molecule has 1 rings (SSSR count). The Hall–Kier alpha value is -1.51. The van der Waals surface area contributed by atoms with Crippen molar-refractivity contribution in [3.05, 3.63) is 23.5 Å². The summed E-state index contributed by atoms with van der Waals surface area (Å²) in [4.78, 5) is 3.64. The van der Waals surface area contributed by atoms with Crippen molar-refractivity contribution < 1.29 is 36.2 Å². The van der Waals surface area contributed by atoms with E-state index in [1.807, 2.05) is 0 Å². The Kier molecular flexibility index (Phi) is 4.28. The Balaban J connectivity index is 3.14. The minimum absolute atomic E-state index is 0.162. The fourth-order valence-electron chi connectivity index (χ4n) is 1.24. The molecule has 3 nitrogen and oxygen atoms in total. The maximum absolute atomic E-state index is 12.3. The number of pyridine rings is 1. The monoisotopic (exact) mass is 289 g/mol. The highest BCUT2D eigenvalue weighted by Crippen LogP contribution is 2.37. The standard InChI is InChI=1S/C10H9F6NO2/c1-5-2-7(6(4-18)3-17-5)19-8(9(11,12)13)10(14,15)16/h2-3,8,18H,4H2,1H3. The first-order valence-electron chi connectivity index (χ1n) is 4.92. The zero-order chi connectivity index (χ0) is 14.8. The molecule has 1 aromatic heterocycles. The Morgan fingerprint density at radius 2 is 1.74 bits per heavy atom. The molecule has 9 heteroatoms. The molecule has 0 saturated heterocycles. The summed E-state index contributed by atoms with van der Waals surface area (Å²) in [7, 11) is 0. The highest BCUT2D eigenvalue weighted by molar-refractivity contribution is 5.32. The van der Waals surface area contributed by atoms with Gasteiger partial charge in [0.2, 0.25) is 0 Å². The third-order valence-corrected chi connectivity index (χ3v) is 2.09. The molecule has 1 N–H and O–H groups in total. The molecular weight excluding hydrogens is 280 g/mol. The number of alkyl halides is 6. The molecule has 0 saturated carbocycles. The average molecular weight is 289 g/mol. The van der Waals surface area contributed by atoms with Crippen molar-refractivity contribution in [2.45, 2.75) is 32.0 Å². The van der Waals surface area contributed by atoms with E-state index in [-0.39, 0.29) is 11.3 Å². The van der Waals surface area contributed by atoms with Crippen LogP contribution in [0.5, 0.6) is 5.75 Å². The summed E-state index contributed by atoms with van der Waals surface area (Å²) in [6, 6.07) is 0.899. The highest BCUT2D eigenvalue weighted by atomic mass is 19.4. The van der Waals surface area contributed by atoms with E-state index in [9.17, 15) is 26.3 Å². The maximum atomic E-state index is 12.3. The molecule has 0 spiro atoms. The van der Waals surface area contributed by atoms with Gasteiger partial charge in [-0.3, -0.25) is 4.98 Å². The lowest BCUT2D eigenvalue weighted by atomic mass is 10.2. The van der Waals surface area contributed by atoms with E-state index >= 15 is 0 Å². The molecule has 0 fully saturated rings. The minimum atomic E-state index is -5.61. The van der Waals surface area contributed by atoms with Gasteiger partial charge >= 0.3 is 12.4 Å². The van der Waals surface area contributed by atoms with Gasteiger partial charge in [-0.25, -0.2) is 0 Å². The lowest BCUT2D eigenvalue weighted by molar-refractivity contribution is -0.300. The number of ether oxygens (including phenoxy) is 1. The Morgan fingerprint density at radius 3 is 2.16 bits per heavy atom. The summed E-state index contributed by atoms with van der Waals surface area (Å²) in [5.41, 5.74) is -0.0978. The van der Waals surface area contributed by atoms with E-state index in [0.717, 1.165) is 12.3 Å². The van der Waals surface area contributed by atoms with Gasteiger partial charge < -0.3 is 9.84 Å². The van der Waals surface area contributed by atoms with Crippen molar-refractivity contribution in [1.29, 1.82) is 0 Å². The van der Waals surface area contributed by atoms with E-state index in [4.69, 9.17) is 5.11 Å². The second-order valence-electron chi connectivity index (χ2n) is 3.67. The molecule has 108 valence electrons. The van der Waals surface area contributed by atoms with Crippen LogP contribution in [-0.4, -0.2) is 28.5 Å². The van der Waals surface area contributed by atoms with Gasteiger partial charge in [-0.05, 0) is 6.92 Å². The van der Waals surface area contributed by atoms with Gasteiger partial charge in [0.05, 0.1) is 6.61 Å². The molecule has 0 unspecified atom stereocenters. The number of nitrogens with zero attached hydrogens (tertiary/aromatic N) is 1. The van der Waals surface area contributed by atoms with Crippen LogP contribution in [0.3, 0.4) is 0 Å². The molecule has 0 aromatic carbocycles. The van der Waals surface area contributed by atoms with E-state index < -0.39 is 30.8 Å². The first-order chi connectivity index (χ1) is 8.55. The number of hydrogen-bond donors (Lipinski definition) is 1. The van der Waals surface area contributed by atoms with Crippen LogP contribution in [0, 0.1) is 6.92 Å². The zero-order valence-corrected chi connectivity index (χ0v) is 9.51. The molecular formula is C10H9F6NO2. The second kappa shape index (κ2) is 5.24. The molecule has 0 aliphatic carbocycles. The average Bonchev–Trinajstić information content (AvgIpc) is 2.23. The second-order valence-corrected chi connectivity index (χ2v) is 3.67. The zero-order valence-electron chi connectivity index (χ0n) is 9.51. The number of halogens is 6. The summed E-state index contributed by atoms with van der Waals surface area (Å²) in [6.07, 6.45) is -14.2. The lowest BCUT2D eigenvalue weighted by Crippen LogP contribution is -2.46. The third kappa shape index (κ3) is 3.98. The highest BCUT2D eigenvalue weighted by Gasteiger charge is 2.59. The van der Waals surface area contributed by atoms with Crippen molar-refractivity contribution in [3.8, 4) is 5.75 Å². The molecule has 1 heterocycles. The molecule has 0 radical (unpaired) electrons. The van der Waals surface area contributed by atoms with Crippen LogP contribution >= 0.6 is 0 Å². The number of aliphatic hydroxyl groups excluding tert-OH is 1. The SMILES string of the molecule is Cc1cc(OC(C(F)(F)F)C(F)(F)F)c(CO)cn1. The predicted molar refractivity (Wildman–Crippen MR) is 51.4 cm³/mol. The van der Waals surface area contributed by atoms with Crippen molar-refractivity contribution in [1.82, 2.24) is 4.98 Å². The van der Waals surface area contributed by atoms with Crippen LogP contribution in [0.1, 0.15) is 11.3 Å². The van der Waals surface area contributed by atoms with Crippen molar-refractivity contribution in [2.24, 2.45) is 0 Å². The first-order valence-corrected chi connectivity index (χ1v) is 4.92. The fraction of sp³-hybridized carbons (Fsp3) is 0.500. The van der Waals surface area contributed by atoms with Crippen LogP contribution in [0.2, 0.25) is 0 Å². The van der Waals surface area contributed by atoms with Crippen LogP contribution < -0.4 is 4.74 Å². The van der Waals surface area contributed by atoms with Crippen molar-refractivity contribution in [3.63, 3.8) is 0 Å². The fourth-order valence-corrected chi connectivity index (χ4v) is 1.24. The van der Waals surface area contributed by atoms with Gasteiger partial charge in [-0.15, -0.1) is 0 Å². The third-order valence-electron chi connectivity index (χ3n) is 2.09. The summed E-state index contributed by atoms with van der Waals surface area (Å²) < 4.78 is 77.9. The number of aliphatic hydroxyl groups is 1. The van der Waals surface area contributed by atoms with Gasteiger partial charge in [0.25, 0.3) is 6.10 Å². The van der Waals surface area contributed by atoms with Crippen LogP contribution in [-0.2, 0) is 6.61 Å². The van der Waals surface area contributed by atoms with Gasteiger partial charge in [0.1, 0.15) is 5.75 Å². The molecule has 19 heavy (non-hydrogen) atoms. The normalized spacial score (nSPS) is 12.9. The van der Waals surface area contributed by atoms with Gasteiger partial charge in [0, 0.05) is 23.5 Å². The van der Waals surface area contributed by atoms with E-state index in [1.165, 1.54) is 6.92 Å². The molecule has 0 amide bonds. The first kappa shape index (κ1) is 15.5. The predicted octanol–water partition coefficient (Wildman–Crippen LogP) is 2.75. The summed E-state index contributed by atoms with van der Waals surface area (Å²) in [5, 5.41) is 8.85. The van der Waals surface area contributed by atoms with Crippen LogP contribution in [0.25, 0.3) is 0 Å². The Morgan fingerprint density at radius 1 is 1.21 bits per heavy atom. The van der Waals surface area contributed by atoms with Crippen molar-refractivity contribution >= 4 is 0 Å². The van der Waals surface area contributed by atoms with Crippen LogP contribution in [0.15, 0.2) is 12.3 Å². The van der Waals surface area contributed by atoms with Crippen LogP contribution in [0.4, 0.5) is 26.3 Å². The molecule has 1 aromatic rings. The molecule has 0 bridgehead atoms. The number of hydrogen-bond acceptors (Lipinski definition) is 3. The lowest BCUT2D eigenvalue weighted by Gasteiger charge is -2.24. The van der Waals surface area contributed by atoms with E-state index in [1.54, 1.807) is 0 Å². The molecule has 0 atom stereocenters. The van der Waals surface area contributed by atoms with Gasteiger partial charge in [0.15, 0.2) is 0 Å². The topological polar surface area (TPSA) is 42.4 Å². The minimum Gasteiger partial charge on any atom is -0.471 e. The maximum Gasteiger partial charge on any atom is 0.434 e. The van der Waals surface area contributed by atoms with Crippen molar-refractivity contribution in [2.75, 3.05) is 0 Å². The number of rotatable bonds is 3. The number of aromatic nitrogens is 1. The Bertz CT molecular complexity index is 429. The van der Waals surface area contributed by atoms with E-state index in [2.05, 4.69) is 9.72 Å².